The maximum Gasteiger partial charge on any atom is 0.170 e. The summed E-state index contributed by atoms with van der Waals surface area (Å²) < 4.78 is 1.84. The molecule has 0 bridgehead atoms. The van der Waals surface area contributed by atoms with Crippen molar-refractivity contribution >= 4 is 0 Å². The standard InChI is InChI=1S/C23H20N2O/c1-16-9-8-13-19(15-16)25-22(20-14-7-6-10-17(20)2)23(26)21(24-25)18-11-4-3-5-12-18/h3-15,26H,1-2H3. The third kappa shape index (κ3) is 2.78. The van der Waals surface area contributed by atoms with Gasteiger partial charge < -0.3 is 5.11 Å². The molecule has 3 heteroatoms. The van der Waals surface area contributed by atoms with Crippen LogP contribution in [-0.4, -0.2) is 14.9 Å². The molecule has 26 heavy (non-hydrogen) atoms. The number of rotatable bonds is 3. The molecule has 0 fully saturated rings. The molecule has 0 aliphatic rings. The molecule has 0 spiro atoms. The van der Waals surface area contributed by atoms with Crippen LogP contribution in [-0.2, 0) is 0 Å². The number of hydrogen-bond donors (Lipinski definition) is 1. The van der Waals surface area contributed by atoms with Gasteiger partial charge in [0.1, 0.15) is 11.4 Å². The SMILES string of the molecule is Cc1cccc(-n2nc(-c3ccccc3)c(O)c2-c2ccccc2C)c1. The maximum atomic E-state index is 11.1. The Morgan fingerprint density at radius 1 is 0.808 bits per heavy atom. The second kappa shape index (κ2) is 6.52. The number of aromatic hydroxyl groups is 1. The van der Waals surface area contributed by atoms with Gasteiger partial charge in [0.15, 0.2) is 5.75 Å². The molecule has 0 saturated carbocycles. The lowest BCUT2D eigenvalue weighted by molar-refractivity contribution is 0.479. The van der Waals surface area contributed by atoms with Crippen LogP contribution in [0.1, 0.15) is 11.1 Å². The van der Waals surface area contributed by atoms with Gasteiger partial charge in [-0.1, -0.05) is 66.7 Å². The molecule has 0 amide bonds. The Hall–Kier alpha value is -3.33. The van der Waals surface area contributed by atoms with Crippen LogP contribution in [0.5, 0.6) is 5.75 Å². The molecule has 1 N–H and O–H groups in total. The minimum absolute atomic E-state index is 0.201. The summed E-state index contributed by atoms with van der Waals surface area (Å²) in [5, 5.41) is 15.9. The van der Waals surface area contributed by atoms with E-state index >= 15 is 0 Å². The van der Waals surface area contributed by atoms with Crippen LogP contribution in [0, 0.1) is 13.8 Å². The van der Waals surface area contributed by atoms with Crippen LogP contribution in [0.25, 0.3) is 28.2 Å². The van der Waals surface area contributed by atoms with Crippen LogP contribution < -0.4 is 0 Å². The second-order valence-corrected chi connectivity index (χ2v) is 6.48. The summed E-state index contributed by atoms with van der Waals surface area (Å²) in [4.78, 5) is 0. The number of aryl methyl sites for hydroxylation is 2. The monoisotopic (exact) mass is 340 g/mol. The predicted molar refractivity (Wildman–Crippen MR) is 106 cm³/mol. The highest BCUT2D eigenvalue weighted by molar-refractivity contribution is 5.80. The summed E-state index contributed by atoms with van der Waals surface area (Å²) in [6.45, 7) is 4.10. The van der Waals surface area contributed by atoms with Gasteiger partial charge in [0.2, 0.25) is 0 Å². The van der Waals surface area contributed by atoms with Gasteiger partial charge in [-0.15, -0.1) is 0 Å². The van der Waals surface area contributed by atoms with Crippen LogP contribution in [0.3, 0.4) is 0 Å². The van der Waals surface area contributed by atoms with Crippen molar-refractivity contribution < 1.29 is 5.11 Å². The minimum Gasteiger partial charge on any atom is -0.504 e. The van der Waals surface area contributed by atoms with Gasteiger partial charge >= 0.3 is 0 Å². The summed E-state index contributed by atoms with van der Waals surface area (Å²) >= 11 is 0. The summed E-state index contributed by atoms with van der Waals surface area (Å²) in [5.74, 6) is 0.201. The highest BCUT2D eigenvalue weighted by Gasteiger charge is 2.22. The van der Waals surface area contributed by atoms with E-state index in [4.69, 9.17) is 5.10 Å². The highest BCUT2D eigenvalue weighted by atomic mass is 16.3. The van der Waals surface area contributed by atoms with Crippen molar-refractivity contribution in [3.8, 4) is 34.0 Å². The zero-order valence-corrected chi connectivity index (χ0v) is 14.8. The molecule has 0 unspecified atom stereocenters. The quantitative estimate of drug-likeness (QED) is 0.532. The van der Waals surface area contributed by atoms with Crippen molar-refractivity contribution in [2.24, 2.45) is 0 Å². The second-order valence-electron chi connectivity index (χ2n) is 6.48. The van der Waals surface area contributed by atoms with E-state index in [1.54, 1.807) is 0 Å². The smallest absolute Gasteiger partial charge is 0.170 e. The van der Waals surface area contributed by atoms with Crippen molar-refractivity contribution in [2.75, 3.05) is 0 Å². The van der Waals surface area contributed by atoms with Crippen molar-refractivity contribution in [3.05, 3.63) is 90.0 Å². The van der Waals surface area contributed by atoms with Gasteiger partial charge in [0.25, 0.3) is 0 Å². The summed E-state index contributed by atoms with van der Waals surface area (Å²) in [5.41, 5.74) is 6.34. The van der Waals surface area contributed by atoms with Gasteiger partial charge in [0.05, 0.1) is 5.69 Å². The zero-order valence-electron chi connectivity index (χ0n) is 14.8. The Kier molecular flexibility index (Phi) is 4.05. The molecule has 3 aromatic carbocycles. The molecule has 1 aromatic heterocycles. The van der Waals surface area contributed by atoms with E-state index in [0.717, 1.165) is 27.9 Å². The van der Waals surface area contributed by atoms with Gasteiger partial charge in [0, 0.05) is 11.1 Å². The molecule has 4 rings (SSSR count). The van der Waals surface area contributed by atoms with E-state index in [0.29, 0.717) is 11.4 Å². The van der Waals surface area contributed by atoms with Crippen LogP contribution >= 0.6 is 0 Å². The lowest BCUT2D eigenvalue weighted by Crippen LogP contribution is -2.00. The molecule has 128 valence electrons. The third-order valence-electron chi connectivity index (χ3n) is 4.55. The lowest BCUT2D eigenvalue weighted by atomic mass is 10.0. The molecular weight excluding hydrogens is 320 g/mol. The number of aromatic nitrogens is 2. The largest absolute Gasteiger partial charge is 0.504 e. The number of nitrogens with zero attached hydrogens (tertiary/aromatic N) is 2. The summed E-state index contributed by atoms with van der Waals surface area (Å²) in [7, 11) is 0. The first kappa shape index (κ1) is 16.2. The fourth-order valence-corrected chi connectivity index (χ4v) is 3.23. The van der Waals surface area contributed by atoms with E-state index in [9.17, 15) is 5.11 Å². The summed E-state index contributed by atoms with van der Waals surface area (Å²) in [6, 6.07) is 26.0. The maximum absolute atomic E-state index is 11.1. The van der Waals surface area contributed by atoms with Crippen LogP contribution in [0.2, 0.25) is 0 Å². The Bertz CT molecular complexity index is 1060. The van der Waals surface area contributed by atoms with Gasteiger partial charge in [-0.3, -0.25) is 0 Å². The first-order valence-electron chi connectivity index (χ1n) is 8.65. The first-order valence-corrected chi connectivity index (χ1v) is 8.65. The van der Waals surface area contributed by atoms with E-state index in [-0.39, 0.29) is 5.75 Å². The van der Waals surface area contributed by atoms with Crippen molar-refractivity contribution in [3.63, 3.8) is 0 Å². The average Bonchev–Trinajstić information content (AvgIpc) is 3.00. The fraction of sp³-hybridized carbons (Fsp3) is 0.0870. The molecule has 4 aromatic rings. The van der Waals surface area contributed by atoms with E-state index < -0.39 is 0 Å². The fourth-order valence-electron chi connectivity index (χ4n) is 3.23. The molecule has 0 radical (unpaired) electrons. The van der Waals surface area contributed by atoms with Crippen molar-refractivity contribution in [2.45, 2.75) is 13.8 Å². The van der Waals surface area contributed by atoms with Crippen LogP contribution in [0.4, 0.5) is 0 Å². The molecule has 0 aliphatic carbocycles. The predicted octanol–water partition coefficient (Wildman–Crippen LogP) is 5.53. The topological polar surface area (TPSA) is 38.0 Å². The van der Waals surface area contributed by atoms with Gasteiger partial charge in [-0.25, -0.2) is 4.68 Å². The third-order valence-corrected chi connectivity index (χ3v) is 4.55. The van der Waals surface area contributed by atoms with Crippen LogP contribution in [0.15, 0.2) is 78.9 Å². The first-order chi connectivity index (χ1) is 12.6. The number of hydrogen-bond acceptors (Lipinski definition) is 2. The molecule has 0 saturated heterocycles. The number of benzene rings is 3. The van der Waals surface area contributed by atoms with Gasteiger partial charge in [-0.05, 0) is 37.1 Å². The van der Waals surface area contributed by atoms with Crippen molar-refractivity contribution in [1.82, 2.24) is 9.78 Å². The van der Waals surface area contributed by atoms with Gasteiger partial charge in [-0.2, -0.15) is 5.10 Å². The van der Waals surface area contributed by atoms with E-state index in [1.807, 2.05) is 78.3 Å². The normalized spacial score (nSPS) is 10.8. The average molecular weight is 340 g/mol. The molecule has 1 heterocycles. The Balaban J connectivity index is 2.02. The molecule has 3 nitrogen and oxygen atoms in total. The lowest BCUT2D eigenvalue weighted by Gasteiger charge is -2.10. The minimum atomic E-state index is 0.201. The van der Waals surface area contributed by atoms with E-state index in [1.165, 1.54) is 0 Å². The Morgan fingerprint density at radius 3 is 2.27 bits per heavy atom. The zero-order chi connectivity index (χ0) is 18.1. The van der Waals surface area contributed by atoms with E-state index in [2.05, 4.69) is 19.1 Å². The molecule has 0 aliphatic heterocycles. The summed E-state index contributed by atoms with van der Waals surface area (Å²) in [6.07, 6.45) is 0. The Morgan fingerprint density at radius 2 is 1.54 bits per heavy atom. The highest BCUT2D eigenvalue weighted by Crippen LogP contribution is 2.40. The molecule has 0 atom stereocenters. The Labute approximate surface area is 153 Å². The van der Waals surface area contributed by atoms with Crippen molar-refractivity contribution in [1.29, 1.82) is 0 Å². The molecular formula is C23H20N2O.